The van der Waals surface area contributed by atoms with Gasteiger partial charge in [-0.3, -0.25) is 0 Å². The molecule has 10 heteroatoms. The molecule has 1 aromatic rings. The van der Waals surface area contributed by atoms with E-state index in [2.05, 4.69) is 10.1 Å². The van der Waals surface area contributed by atoms with E-state index in [1.54, 1.807) is 0 Å². The molecule has 1 rings (SSSR count). The Bertz CT molecular complexity index is 569. The fourth-order valence-corrected chi connectivity index (χ4v) is 1.69. The lowest BCUT2D eigenvalue weighted by Gasteiger charge is -2.09. The second-order valence-corrected chi connectivity index (χ2v) is 5.30. The zero-order chi connectivity index (χ0) is 15.4. The number of benzene rings is 1. The van der Waals surface area contributed by atoms with Crippen LogP contribution in [-0.4, -0.2) is 27.3 Å². The summed E-state index contributed by atoms with van der Waals surface area (Å²) in [6.07, 6.45) is -5.81. The van der Waals surface area contributed by atoms with Gasteiger partial charge >= 0.3 is 12.3 Å². The number of halogens is 3. The highest BCUT2D eigenvalue weighted by molar-refractivity contribution is 7.89. The van der Waals surface area contributed by atoms with E-state index in [9.17, 15) is 26.4 Å². The molecule has 0 fully saturated rings. The molecule has 6 nitrogen and oxygen atoms in total. The van der Waals surface area contributed by atoms with Crippen molar-refractivity contribution >= 4 is 16.1 Å². The van der Waals surface area contributed by atoms with Gasteiger partial charge in [-0.05, 0) is 17.7 Å². The molecule has 0 spiro atoms. The quantitative estimate of drug-likeness (QED) is 0.870. The van der Waals surface area contributed by atoms with Crippen LogP contribution in [0.25, 0.3) is 0 Å². The van der Waals surface area contributed by atoms with Crippen molar-refractivity contribution in [3.63, 3.8) is 0 Å². The van der Waals surface area contributed by atoms with Crippen LogP contribution in [0.3, 0.4) is 0 Å². The van der Waals surface area contributed by atoms with Crippen molar-refractivity contribution in [3.8, 4) is 0 Å². The van der Waals surface area contributed by atoms with Crippen LogP contribution < -0.4 is 10.5 Å². The van der Waals surface area contributed by atoms with Crippen LogP contribution in [-0.2, 0) is 21.3 Å². The summed E-state index contributed by atoms with van der Waals surface area (Å²) in [6.45, 7) is -1.79. The number of primary sulfonamides is 1. The molecule has 112 valence electrons. The van der Waals surface area contributed by atoms with Crippen LogP contribution >= 0.6 is 0 Å². The Morgan fingerprint density at radius 1 is 1.25 bits per heavy atom. The number of alkyl carbamates (subject to hydrolysis) is 1. The fraction of sp³-hybridized carbons (Fsp3) is 0.300. The van der Waals surface area contributed by atoms with E-state index in [1.165, 1.54) is 24.3 Å². The predicted molar refractivity (Wildman–Crippen MR) is 62.1 cm³/mol. The second kappa shape index (κ2) is 6.09. The number of ether oxygens (including phenoxy) is 1. The SMILES string of the molecule is NS(=O)(=O)c1ccc(CNC(=O)OCC(F)(F)F)cc1. The van der Waals surface area contributed by atoms with E-state index < -0.39 is 28.9 Å². The maximum Gasteiger partial charge on any atom is 0.422 e. The summed E-state index contributed by atoms with van der Waals surface area (Å²) in [5.41, 5.74) is 0.473. The molecule has 0 aliphatic rings. The monoisotopic (exact) mass is 312 g/mol. The minimum absolute atomic E-state index is 0.110. The van der Waals surface area contributed by atoms with Crippen LogP contribution in [0.2, 0.25) is 0 Å². The first-order valence-corrected chi connectivity index (χ1v) is 6.72. The van der Waals surface area contributed by atoms with E-state index in [1.807, 2.05) is 0 Å². The molecule has 3 N–H and O–H groups in total. The molecule has 1 amide bonds. The maximum atomic E-state index is 11.8. The lowest BCUT2D eigenvalue weighted by Crippen LogP contribution is -2.28. The second-order valence-electron chi connectivity index (χ2n) is 3.73. The Kier molecular flexibility index (Phi) is 4.95. The molecule has 0 atom stereocenters. The number of alkyl halides is 3. The fourth-order valence-electron chi connectivity index (χ4n) is 1.17. The van der Waals surface area contributed by atoms with Gasteiger partial charge < -0.3 is 10.1 Å². The lowest BCUT2D eigenvalue weighted by molar-refractivity contribution is -0.160. The standard InChI is InChI=1S/C10H11F3N2O4S/c11-10(12,13)6-19-9(16)15-5-7-1-3-8(4-2-7)20(14,17)18/h1-4H,5-6H2,(H,15,16)(H2,14,17,18). The molecule has 0 bridgehead atoms. The summed E-state index contributed by atoms with van der Waals surface area (Å²) in [7, 11) is -3.81. The van der Waals surface area contributed by atoms with Gasteiger partial charge in [0.25, 0.3) is 0 Å². The van der Waals surface area contributed by atoms with Crippen LogP contribution in [0.15, 0.2) is 29.2 Å². The smallest absolute Gasteiger partial charge is 0.422 e. The van der Waals surface area contributed by atoms with E-state index in [4.69, 9.17) is 5.14 Å². The number of nitrogens with two attached hydrogens (primary N) is 1. The van der Waals surface area contributed by atoms with E-state index in [0.29, 0.717) is 5.56 Å². The van der Waals surface area contributed by atoms with E-state index >= 15 is 0 Å². The van der Waals surface area contributed by atoms with Gasteiger partial charge in [0.2, 0.25) is 10.0 Å². The molecule has 0 aliphatic carbocycles. The number of amides is 1. The summed E-state index contributed by atoms with van der Waals surface area (Å²) in [5, 5.41) is 6.97. The molecule has 0 aromatic heterocycles. The number of carbonyl (C=O) groups is 1. The number of sulfonamides is 1. The first-order valence-electron chi connectivity index (χ1n) is 5.17. The minimum atomic E-state index is -4.59. The average molecular weight is 312 g/mol. The molecular weight excluding hydrogens is 301 g/mol. The van der Waals surface area contributed by atoms with Gasteiger partial charge in [0, 0.05) is 6.54 Å². The first-order chi connectivity index (χ1) is 9.08. The third-order valence-electron chi connectivity index (χ3n) is 2.06. The van der Waals surface area contributed by atoms with Crippen molar-refractivity contribution in [2.45, 2.75) is 17.6 Å². The van der Waals surface area contributed by atoms with Crippen molar-refractivity contribution in [2.75, 3.05) is 6.61 Å². The van der Waals surface area contributed by atoms with Crippen molar-refractivity contribution in [3.05, 3.63) is 29.8 Å². The highest BCUT2D eigenvalue weighted by atomic mass is 32.2. The Labute approximate surface area is 112 Å². The normalized spacial score (nSPS) is 12.0. The number of rotatable bonds is 4. The topological polar surface area (TPSA) is 98.5 Å². The van der Waals surface area contributed by atoms with Gasteiger partial charge in [-0.25, -0.2) is 18.4 Å². The van der Waals surface area contributed by atoms with Crippen LogP contribution in [0.5, 0.6) is 0 Å². The summed E-state index contributed by atoms with van der Waals surface area (Å²) < 4.78 is 61.1. The number of nitrogens with one attached hydrogen (secondary N) is 1. The Hall–Kier alpha value is -1.81. The highest BCUT2D eigenvalue weighted by Crippen LogP contribution is 2.14. The number of carbonyl (C=O) groups excluding carboxylic acids is 1. The van der Waals surface area contributed by atoms with Crippen LogP contribution in [0.1, 0.15) is 5.56 Å². The highest BCUT2D eigenvalue weighted by Gasteiger charge is 2.29. The molecule has 0 aliphatic heterocycles. The molecule has 0 saturated heterocycles. The summed E-state index contributed by atoms with van der Waals surface area (Å²) in [5.74, 6) is 0. The lowest BCUT2D eigenvalue weighted by atomic mass is 10.2. The van der Waals surface area contributed by atoms with Gasteiger partial charge in [0.1, 0.15) is 0 Å². The molecule has 20 heavy (non-hydrogen) atoms. The van der Waals surface area contributed by atoms with Gasteiger partial charge in [-0.15, -0.1) is 0 Å². The summed E-state index contributed by atoms with van der Waals surface area (Å²) >= 11 is 0. The number of hydrogen-bond acceptors (Lipinski definition) is 4. The minimum Gasteiger partial charge on any atom is -0.440 e. The van der Waals surface area contributed by atoms with Crippen molar-refractivity contribution in [2.24, 2.45) is 5.14 Å². The maximum absolute atomic E-state index is 11.8. The summed E-state index contributed by atoms with van der Waals surface area (Å²) in [6, 6.07) is 5.16. The zero-order valence-electron chi connectivity index (χ0n) is 9.98. The Balaban J connectivity index is 2.48. The van der Waals surface area contributed by atoms with Crippen LogP contribution in [0.4, 0.5) is 18.0 Å². The molecule has 0 heterocycles. The van der Waals surface area contributed by atoms with E-state index in [0.717, 1.165) is 0 Å². The van der Waals surface area contributed by atoms with Crippen LogP contribution in [0, 0.1) is 0 Å². The Morgan fingerprint density at radius 2 is 1.80 bits per heavy atom. The third-order valence-corrected chi connectivity index (χ3v) is 2.98. The Morgan fingerprint density at radius 3 is 2.25 bits per heavy atom. The van der Waals surface area contributed by atoms with Gasteiger partial charge in [-0.2, -0.15) is 13.2 Å². The van der Waals surface area contributed by atoms with Gasteiger partial charge in [0.15, 0.2) is 6.61 Å². The van der Waals surface area contributed by atoms with Gasteiger partial charge in [-0.1, -0.05) is 12.1 Å². The summed E-state index contributed by atoms with van der Waals surface area (Å²) in [4.78, 5) is 10.8. The zero-order valence-corrected chi connectivity index (χ0v) is 10.8. The van der Waals surface area contributed by atoms with E-state index in [-0.39, 0.29) is 11.4 Å². The van der Waals surface area contributed by atoms with Crippen molar-refractivity contribution < 1.29 is 31.1 Å². The third kappa shape index (κ3) is 5.89. The first kappa shape index (κ1) is 16.2. The molecule has 0 radical (unpaired) electrons. The van der Waals surface area contributed by atoms with Crippen molar-refractivity contribution in [1.29, 1.82) is 0 Å². The molecular formula is C10H11F3N2O4S. The molecule has 0 saturated carbocycles. The predicted octanol–water partition coefficient (Wildman–Crippen LogP) is 1.12. The van der Waals surface area contributed by atoms with Gasteiger partial charge in [0.05, 0.1) is 4.90 Å². The van der Waals surface area contributed by atoms with Crippen molar-refractivity contribution in [1.82, 2.24) is 5.32 Å². The molecule has 1 aromatic carbocycles. The molecule has 0 unspecified atom stereocenters. The largest absolute Gasteiger partial charge is 0.440 e. The number of hydrogen-bond donors (Lipinski definition) is 2. The average Bonchev–Trinajstić information content (AvgIpc) is 2.32.